The minimum atomic E-state index is -0.161. The zero-order chi connectivity index (χ0) is 10.8. The second-order valence-electron chi connectivity index (χ2n) is 3.39. The zero-order valence-electron chi connectivity index (χ0n) is 10.7. The molecule has 15 heavy (non-hydrogen) atoms. The number of ether oxygens (including phenoxy) is 2. The molecule has 0 N–H and O–H groups in total. The third-order valence-electron chi connectivity index (χ3n) is 2.07. The van der Waals surface area contributed by atoms with E-state index in [2.05, 4.69) is 6.92 Å². The average molecular weight is 206 g/mol. The van der Waals surface area contributed by atoms with Gasteiger partial charge in [-0.05, 0) is 20.3 Å². The van der Waals surface area contributed by atoms with Crippen LogP contribution in [0.3, 0.4) is 0 Å². The van der Waals surface area contributed by atoms with Crippen LogP contribution in [0.5, 0.6) is 0 Å². The molecule has 0 saturated heterocycles. The molecule has 0 bridgehead atoms. The third-order valence-corrected chi connectivity index (χ3v) is 2.07. The van der Waals surface area contributed by atoms with E-state index in [-0.39, 0.29) is 31.3 Å². The van der Waals surface area contributed by atoms with E-state index in [0.717, 1.165) is 12.8 Å². The molecule has 84 valence electrons. The third kappa shape index (κ3) is 10.5. The predicted molar refractivity (Wildman–Crippen MR) is 59.0 cm³/mol. The van der Waals surface area contributed by atoms with Gasteiger partial charge in [0.15, 0.2) is 6.29 Å². The summed E-state index contributed by atoms with van der Waals surface area (Å²) in [6.45, 7) is 12.2. The molecular formula is C12H23LiO2. The smallest absolute Gasteiger partial charge is 0.515 e. The molecule has 0 rings (SSSR count). The van der Waals surface area contributed by atoms with Gasteiger partial charge < -0.3 is 16.1 Å². The van der Waals surface area contributed by atoms with Crippen LogP contribution in [0.4, 0.5) is 0 Å². The van der Waals surface area contributed by atoms with Gasteiger partial charge in [0.05, 0.1) is 0 Å². The molecule has 0 aromatic rings. The van der Waals surface area contributed by atoms with Crippen LogP contribution in [-0.2, 0) is 9.47 Å². The minimum Gasteiger partial charge on any atom is -0.515 e. The van der Waals surface area contributed by atoms with Gasteiger partial charge in [0.1, 0.15) is 0 Å². The molecule has 3 heteroatoms. The van der Waals surface area contributed by atoms with Crippen LogP contribution in [0.2, 0.25) is 0 Å². The quantitative estimate of drug-likeness (QED) is 0.234. The standard InChI is InChI=1S/C12H23O2.Li/c1-5-8-9-10-12(6-2)14-11(4)13-7-3;/h2,6,11-12H,5,7-10H2,1,3-4H3;/q-1;+1. The number of hydrogen-bond donors (Lipinski definition) is 0. The fourth-order valence-corrected chi connectivity index (χ4v) is 1.33. The van der Waals surface area contributed by atoms with Crippen LogP contribution in [0, 0.1) is 6.58 Å². The largest absolute Gasteiger partial charge is 1.00 e. The Morgan fingerprint density at radius 2 is 1.93 bits per heavy atom. The molecular weight excluding hydrogens is 183 g/mol. The molecule has 0 spiro atoms. The van der Waals surface area contributed by atoms with Crippen LogP contribution in [0.1, 0.15) is 46.5 Å². The molecule has 0 aromatic carbocycles. The minimum absolute atomic E-state index is 0. The number of hydrogen-bond acceptors (Lipinski definition) is 2. The maximum Gasteiger partial charge on any atom is 1.00 e. The zero-order valence-corrected chi connectivity index (χ0v) is 10.7. The van der Waals surface area contributed by atoms with Gasteiger partial charge in [-0.15, -0.1) is 0 Å². The van der Waals surface area contributed by atoms with Crippen molar-refractivity contribution < 1.29 is 28.3 Å². The summed E-state index contributed by atoms with van der Waals surface area (Å²) in [7, 11) is 0. The second kappa shape index (κ2) is 12.3. The molecule has 0 saturated carbocycles. The van der Waals surface area contributed by atoms with Gasteiger partial charge in [0.2, 0.25) is 0 Å². The fourth-order valence-electron chi connectivity index (χ4n) is 1.33. The van der Waals surface area contributed by atoms with E-state index >= 15 is 0 Å². The van der Waals surface area contributed by atoms with Gasteiger partial charge >= 0.3 is 18.9 Å². The van der Waals surface area contributed by atoms with E-state index in [1.54, 1.807) is 6.08 Å². The maximum absolute atomic E-state index is 5.58. The molecule has 0 aliphatic rings. The van der Waals surface area contributed by atoms with Crippen LogP contribution in [0.25, 0.3) is 0 Å². The van der Waals surface area contributed by atoms with Crippen LogP contribution in [-0.4, -0.2) is 19.0 Å². The van der Waals surface area contributed by atoms with Gasteiger partial charge in [0.25, 0.3) is 0 Å². The Labute approximate surface area is 107 Å². The summed E-state index contributed by atoms with van der Waals surface area (Å²) in [5.41, 5.74) is 0. The first-order valence-corrected chi connectivity index (χ1v) is 5.56. The number of unbranched alkanes of at least 4 members (excludes halogenated alkanes) is 2. The van der Waals surface area contributed by atoms with Gasteiger partial charge in [0, 0.05) is 12.7 Å². The van der Waals surface area contributed by atoms with Gasteiger partial charge in [-0.25, -0.2) is 6.08 Å². The van der Waals surface area contributed by atoms with Crippen molar-refractivity contribution in [1.82, 2.24) is 0 Å². The Morgan fingerprint density at radius 1 is 1.27 bits per heavy atom. The van der Waals surface area contributed by atoms with Crippen molar-refractivity contribution in [2.24, 2.45) is 0 Å². The summed E-state index contributed by atoms with van der Waals surface area (Å²) in [5, 5.41) is 0. The molecule has 0 amide bonds. The Kier molecular flexibility index (Phi) is 14.5. The van der Waals surface area contributed by atoms with Crippen molar-refractivity contribution >= 4 is 0 Å². The van der Waals surface area contributed by atoms with Crippen molar-refractivity contribution in [1.29, 1.82) is 0 Å². The summed E-state index contributed by atoms with van der Waals surface area (Å²) >= 11 is 0. The van der Waals surface area contributed by atoms with E-state index in [1.165, 1.54) is 12.8 Å². The Balaban J connectivity index is 0. The van der Waals surface area contributed by atoms with Crippen LogP contribution in [0.15, 0.2) is 6.08 Å². The first kappa shape index (κ1) is 17.6. The molecule has 2 atom stereocenters. The SMILES string of the molecule is [CH-]=CC(CCCCC)OC(C)OCC.[Li+]. The topological polar surface area (TPSA) is 18.5 Å². The monoisotopic (exact) mass is 206 g/mol. The van der Waals surface area contributed by atoms with Crippen molar-refractivity contribution in [3.8, 4) is 0 Å². The van der Waals surface area contributed by atoms with Gasteiger partial charge in [-0.1, -0.05) is 26.2 Å². The van der Waals surface area contributed by atoms with Crippen LogP contribution < -0.4 is 18.9 Å². The van der Waals surface area contributed by atoms with E-state index < -0.39 is 0 Å². The molecule has 0 heterocycles. The summed E-state index contributed by atoms with van der Waals surface area (Å²) in [5.74, 6) is 0. The molecule has 0 radical (unpaired) electrons. The van der Waals surface area contributed by atoms with Crippen molar-refractivity contribution in [2.75, 3.05) is 6.61 Å². The van der Waals surface area contributed by atoms with E-state index in [0.29, 0.717) is 6.61 Å². The molecule has 0 fully saturated rings. The van der Waals surface area contributed by atoms with E-state index in [4.69, 9.17) is 16.1 Å². The van der Waals surface area contributed by atoms with Crippen LogP contribution >= 0.6 is 0 Å². The maximum atomic E-state index is 5.58. The summed E-state index contributed by atoms with van der Waals surface area (Å²) in [4.78, 5) is 0. The molecule has 0 aliphatic carbocycles. The van der Waals surface area contributed by atoms with E-state index in [9.17, 15) is 0 Å². The first-order valence-electron chi connectivity index (χ1n) is 5.56. The molecule has 0 aliphatic heterocycles. The second-order valence-corrected chi connectivity index (χ2v) is 3.39. The molecule has 2 nitrogen and oxygen atoms in total. The average Bonchev–Trinajstić information content (AvgIpc) is 2.17. The van der Waals surface area contributed by atoms with Gasteiger partial charge in [-0.3, -0.25) is 0 Å². The van der Waals surface area contributed by atoms with Crippen molar-refractivity contribution in [3.63, 3.8) is 0 Å². The Hall–Kier alpha value is 0.257. The molecule has 0 aromatic heterocycles. The summed E-state index contributed by atoms with van der Waals surface area (Å²) < 4.78 is 10.9. The van der Waals surface area contributed by atoms with E-state index in [1.807, 2.05) is 13.8 Å². The Bertz CT molecular complexity index is 140. The van der Waals surface area contributed by atoms with Gasteiger partial charge in [-0.2, -0.15) is 0 Å². The van der Waals surface area contributed by atoms with Crippen molar-refractivity contribution in [2.45, 2.75) is 58.8 Å². The predicted octanol–water partition coefficient (Wildman–Crippen LogP) is 0.328. The molecule has 2 unspecified atom stereocenters. The first-order chi connectivity index (χ1) is 6.74. The summed E-state index contributed by atoms with van der Waals surface area (Å²) in [6, 6.07) is 0. The normalized spacial score (nSPS) is 14.1. The Morgan fingerprint density at radius 3 is 2.40 bits per heavy atom. The summed E-state index contributed by atoms with van der Waals surface area (Å²) in [6.07, 6.45) is 6.09. The van der Waals surface area contributed by atoms with Crippen molar-refractivity contribution in [3.05, 3.63) is 12.7 Å². The fraction of sp³-hybridized carbons (Fsp3) is 0.833. The number of rotatable bonds is 9.